The lowest BCUT2D eigenvalue weighted by molar-refractivity contribution is 0.430. The SMILES string of the molecule is CC(C)CNCC1(Cc2cccc(F)c2Br)CC1. The average molecular weight is 314 g/mol. The van der Waals surface area contributed by atoms with Gasteiger partial charge in [-0.2, -0.15) is 0 Å². The Morgan fingerprint density at radius 3 is 2.72 bits per heavy atom. The van der Waals surface area contributed by atoms with Gasteiger partial charge in [-0.3, -0.25) is 0 Å². The summed E-state index contributed by atoms with van der Waals surface area (Å²) in [6.45, 7) is 6.55. The van der Waals surface area contributed by atoms with Gasteiger partial charge in [0, 0.05) is 6.54 Å². The van der Waals surface area contributed by atoms with Gasteiger partial charge in [0.15, 0.2) is 0 Å². The van der Waals surface area contributed by atoms with E-state index in [1.165, 1.54) is 18.9 Å². The highest BCUT2D eigenvalue weighted by Crippen LogP contribution is 2.48. The smallest absolute Gasteiger partial charge is 0.137 e. The Hall–Kier alpha value is -0.410. The van der Waals surface area contributed by atoms with Crippen LogP contribution in [0.5, 0.6) is 0 Å². The molecule has 0 unspecified atom stereocenters. The van der Waals surface area contributed by atoms with Gasteiger partial charge in [0.25, 0.3) is 0 Å². The number of hydrogen-bond donors (Lipinski definition) is 1. The fourth-order valence-corrected chi connectivity index (χ4v) is 2.71. The van der Waals surface area contributed by atoms with E-state index in [9.17, 15) is 4.39 Å². The minimum Gasteiger partial charge on any atom is -0.316 e. The summed E-state index contributed by atoms with van der Waals surface area (Å²) in [6, 6.07) is 5.33. The molecular formula is C15H21BrFN. The third-order valence-corrected chi connectivity index (χ3v) is 4.49. The van der Waals surface area contributed by atoms with Crippen LogP contribution in [0.2, 0.25) is 0 Å². The van der Waals surface area contributed by atoms with E-state index in [1.807, 2.05) is 6.07 Å². The van der Waals surface area contributed by atoms with Crippen LogP contribution in [0.25, 0.3) is 0 Å². The van der Waals surface area contributed by atoms with E-state index >= 15 is 0 Å². The molecule has 0 aromatic heterocycles. The van der Waals surface area contributed by atoms with Crippen LogP contribution < -0.4 is 5.32 Å². The van der Waals surface area contributed by atoms with Crippen LogP contribution in [0.4, 0.5) is 4.39 Å². The van der Waals surface area contributed by atoms with Crippen LogP contribution >= 0.6 is 15.9 Å². The van der Waals surface area contributed by atoms with Crippen LogP contribution in [0.1, 0.15) is 32.3 Å². The standard InChI is InChI=1S/C15H21BrFN/c1-11(2)9-18-10-15(6-7-15)8-12-4-3-5-13(17)14(12)16/h3-5,11,18H,6-10H2,1-2H3. The quantitative estimate of drug-likeness (QED) is 0.831. The molecule has 1 aromatic rings. The molecule has 0 atom stereocenters. The molecule has 1 saturated carbocycles. The molecule has 18 heavy (non-hydrogen) atoms. The Kier molecular flexibility index (Phi) is 4.44. The van der Waals surface area contributed by atoms with Gasteiger partial charge < -0.3 is 5.32 Å². The fraction of sp³-hybridized carbons (Fsp3) is 0.600. The zero-order valence-corrected chi connectivity index (χ0v) is 12.7. The van der Waals surface area contributed by atoms with Crippen LogP contribution in [0.3, 0.4) is 0 Å². The van der Waals surface area contributed by atoms with Gasteiger partial charge in [0.05, 0.1) is 4.47 Å². The van der Waals surface area contributed by atoms with Gasteiger partial charge in [-0.15, -0.1) is 0 Å². The minimum absolute atomic E-state index is 0.154. The van der Waals surface area contributed by atoms with Crippen LogP contribution in [-0.4, -0.2) is 13.1 Å². The molecule has 0 aliphatic heterocycles. The van der Waals surface area contributed by atoms with Gasteiger partial charge in [-0.05, 0) is 64.7 Å². The topological polar surface area (TPSA) is 12.0 Å². The number of hydrogen-bond acceptors (Lipinski definition) is 1. The Balaban J connectivity index is 1.94. The molecule has 0 bridgehead atoms. The largest absolute Gasteiger partial charge is 0.316 e. The Labute approximate surface area is 117 Å². The summed E-state index contributed by atoms with van der Waals surface area (Å²) < 4.78 is 14.1. The van der Waals surface area contributed by atoms with Crippen molar-refractivity contribution in [2.75, 3.05) is 13.1 Å². The van der Waals surface area contributed by atoms with Crippen LogP contribution in [-0.2, 0) is 6.42 Å². The van der Waals surface area contributed by atoms with Gasteiger partial charge >= 0.3 is 0 Å². The molecule has 1 nitrogen and oxygen atoms in total. The molecule has 1 aliphatic carbocycles. The minimum atomic E-state index is -0.154. The second-order valence-electron chi connectivity index (χ2n) is 5.91. The highest BCUT2D eigenvalue weighted by Gasteiger charge is 2.42. The van der Waals surface area contributed by atoms with Crippen molar-refractivity contribution in [2.24, 2.45) is 11.3 Å². The lowest BCUT2D eigenvalue weighted by atomic mass is 9.96. The first-order chi connectivity index (χ1) is 8.52. The summed E-state index contributed by atoms with van der Waals surface area (Å²) >= 11 is 3.36. The first-order valence-corrected chi connectivity index (χ1v) is 7.45. The van der Waals surface area contributed by atoms with E-state index in [0.717, 1.165) is 25.1 Å². The molecule has 1 aliphatic rings. The summed E-state index contributed by atoms with van der Waals surface area (Å²) in [4.78, 5) is 0. The van der Waals surface area contributed by atoms with Crippen molar-refractivity contribution in [3.63, 3.8) is 0 Å². The van der Waals surface area contributed by atoms with E-state index in [1.54, 1.807) is 6.07 Å². The summed E-state index contributed by atoms with van der Waals surface area (Å²) in [7, 11) is 0. The third kappa shape index (κ3) is 3.55. The summed E-state index contributed by atoms with van der Waals surface area (Å²) in [6.07, 6.45) is 3.47. The van der Waals surface area contributed by atoms with Gasteiger partial charge in [-0.25, -0.2) is 4.39 Å². The maximum atomic E-state index is 13.5. The zero-order valence-electron chi connectivity index (χ0n) is 11.1. The van der Waals surface area contributed by atoms with Crippen LogP contribution in [0.15, 0.2) is 22.7 Å². The first-order valence-electron chi connectivity index (χ1n) is 6.66. The number of benzene rings is 1. The van der Waals surface area contributed by atoms with Crippen molar-refractivity contribution in [2.45, 2.75) is 33.1 Å². The molecule has 2 rings (SSSR count). The van der Waals surface area contributed by atoms with Gasteiger partial charge in [0.1, 0.15) is 5.82 Å². The van der Waals surface area contributed by atoms with Crippen molar-refractivity contribution >= 4 is 15.9 Å². The molecule has 0 spiro atoms. The zero-order chi connectivity index (χ0) is 13.2. The Morgan fingerprint density at radius 2 is 2.11 bits per heavy atom. The Bertz CT molecular complexity index is 413. The van der Waals surface area contributed by atoms with E-state index in [-0.39, 0.29) is 5.82 Å². The molecule has 0 saturated heterocycles. The van der Waals surface area contributed by atoms with Crippen molar-refractivity contribution < 1.29 is 4.39 Å². The second-order valence-corrected chi connectivity index (χ2v) is 6.71. The number of rotatable bonds is 6. The van der Waals surface area contributed by atoms with Crippen molar-refractivity contribution in [3.05, 3.63) is 34.1 Å². The monoisotopic (exact) mass is 313 g/mol. The summed E-state index contributed by atoms with van der Waals surface area (Å²) in [5.41, 5.74) is 1.46. The van der Waals surface area contributed by atoms with E-state index in [2.05, 4.69) is 35.1 Å². The molecule has 0 amide bonds. The third-order valence-electron chi connectivity index (χ3n) is 3.61. The van der Waals surface area contributed by atoms with Crippen molar-refractivity contribution in [1.82, 2.24) is 5.32 Å². The first kappa shape index (κ1) is 14.0. The van der Waals surface area contributed by atoms with Crippen LogP contribution in [0, 0.1) is 17.2 Å². The van der Waals surface area contributed by atoms with E-state index in [4.69, 9.17) is 0 Å². The molecule has 0 heterocycles. The number of halogens is 2. The fourth-order valence-electron chi connectivity index (χ4n) is 2.31. The Morgan fingerprint density at radius 1 is 1.39 bits per heavy atom. The molecule has 1 aromatic carbocycles. The molecule has 100 valence electrons. The highest BCUT2D eigenvalue weighted by atomic mass is 79.9. The maximum Gasteiger partial charge on any atom is 0.137 e. The molecule has 1 N–H and O–H groups in total. The molecular weight excluding hydrogens is 293 g/mol. The lowest BCUT2D eigenvalue weighted by Crippen LogP contribution is -2.28. The van der Waals surface area contributed by atoms with Crippen molar-refractivity contribution in [3.8, 4) is 0 Å². The molecule has 0 radical (unpaired) electrons. The number of nitrogens with one attached hydrogen (secondary N) is 1. The average Bonchev–Trinajstić information content (AvgIpc) is 3.05. The molecule has 1 fully saturated rings. The summed E-state index contributed by atoms with van der Waals surface area (Å²) in [5.74, 6) is 0.528. The van der Waals surface area contributed by atoms with Crippen molar-refractivity contribution in [1.29, 1.82) is 0 Å². The maximum absolute atomic E-state index is 13.5. The van der Waals surface area contributed by atoms with Gasteiger partial charge in [0.2, 0.25) is 0 Å². The van der Waals surface area contributed by atoms with E-state index in [0.29, 0.717) is 15.8 Å². The molecule has 3 heteroatoms. The van der Waals surface area contributed by atoms with E-state index < -0.39 is 0 Å². The van der Waals surface area contributed by atoms with Gasteiger partial charge in [-0.1, -0.05) is 26.0 Å². The predicted molar refractivity (Wildman–Crippen MR) is 77.2 cm³/mol. The highest BCUT2D eigenvalue weighted by molar-refractivity contribution is 9.10. The summed E-state index contributed by atoms with van der Waals surface area (Å²) in [5, 5.41) is 3.53. The normalized spacial score (nSPS) is 17.2. The lowest BCUT2D eigenvalue weighted by Gasteiger charge is -2.18. The second kappa shape index (κ2) is 5.70. The predicted octanol–water partition coefficient (Wildman–Crippen LogP) is 4.16.